The highest BCUT2D eigenvalue weighted by atomic mass is 33.2. The lowest BCUT2D eigenvalue weighted by Gasteiger charge is -2.24. The van der Waals surface area contributed by atoms with Crippen LogP contribution in [-0.4, -0.2) is 18.8 Å². The zero-order chi connectivity index (χ0) is 32.0. The molecule has 0 fully saturated rings. The predicted molar refractivity (Wildman–Crippen MR) is 212 cm³/mol. The van der Waals surface area contributed by atoms with Crippen LogP contribution in [0.5, 0.6) is 0 Å². The summed E-state index contributed by atoms with van der Waals surface area (Å²) in [6.45, 7) is 0. The number of fused-ring (bicyclic) bond motifs is 3. The summed E-state index contributed by atoms with van der Waals surface area (Å²) in [7, 11) is 1.30. The van der Waals surface area contributed by atoms with Gasteiger partial charge in [0.1, 0.15) is 0 Å². The Bertz CT molecular complexity index is 2340. The average Bonchev–Trinajstić information content (AvgIpc) is 3.10. The SMILES string of the molecule is CS(C)(C)Sc1ccc(-c2c3ccccc3c(-c3ccc4cccc(-c5ccccc5-c5ccccc5)c4c3)c3ccccc23)cc1. The van der Waals surface area contributed by atoms with Gasteiger partial charge in [0, 0.05) is 4.90 Å². The lowest BCUT2D eigenvalue weighted by molar-refractivity contribution is 1.48. The highest BCUT2D eigenvalue weighted by Gasteiger charge is 2.18. The Labute approximate surface area is 282 Å². The van der Waals surface area contributed by atoms with E-state index in [0.717, 1.165) is 0 Å². The van der Waals surface area contributed by atoms with E-state index in [-0.39, 0.29) is 0 Å². The molecule has 0 heterocycles. The van der Waals surface area contributed by atoms with Crippen LogP contribution in [0.3, 0.4) is 0 Å². The van der Waals surface area contributed by atoms with E-state index in [9.17, 15) is 0 Å². The lowest BCUT2D eigenvalue weighted by atomic mass is 9.85. The standard InChI is InChI=1S/C45H36S2/c1-47(2,3)46-35-28-26-33(27-29-35)44-39-19-9-11-21-41(39)45(42-22-12-10-20-40(42)44)34-25-24-32-16-13-23-38(43(32)30-34)37-18-8-7-17-36(37)31-14-5-4-6-15-31/h4-30H,1-3H3. The van der Waals surface area contributed by atoms with Gasteiger partial charge in [-0.05, 0) is 114 Å². The minimum Gasteiger partial charge on any atom is -0.197 e. The maximum absolute atomic E-state index is 2.42. The molecule has 0 aromatic heterocycles. The Hall–Kier alpha value is -4.76. The number of benzene rings is 8. The maximum atomic E-state index is 2.42. The smallest absolute Gasteiger partial charge is 0.0167 e. The van der Waals surface area contributed by atoms with Crippen LogP contribution < -0.4 is 0 Å². The molecule has 0 radical (unpaired) electrons. The molecule has 0 saturated heterocycles. The molecule has 0 N–H and O–H groups in total. The highest BCUT2D eigenvalue weighted by molar-refractivity contribution is 8.93. The average molecular weight is 641 g/mol. The molecule has 47 heavy (non-hydrogen) atoms. The van der Waals surface area contributed by atoms with Crippen molar-refractivity contribution in [2.75, 3.05) is 18.8 Å². The van der Waals surface area contributed by atoms with E-state index in [1.807, 2.05) is 10.8 Å². The maximum Gasteiger partial charge on any atom is 0.0167 e. The van der Waals surface area contributed by atoms with Crippen molar-refractivity contribution in [3.8, 4) is 44.5 Å². The van der Waals surface area contributed by atoms with Crippen LogP contribution in [0.15, 0.2) is 169 Å². The van der Waals surface area contributed by atoms with Crippen LogP contribution in [0.4, 0.5) is 0 Å². The van der Waals surface area contributed by atoms with Gasteiger partial charge in [0.25, 0.3) is 0 Å². The largest absolute Gasteiger partial charge is 0.197 e. The third-order valence-electron chi connectivity index (χ3n) is 8.89. The van der Waals surface area contributed by atoms with Crippen LogP contribution in [0.2, 0.25) is 0 Å². The fraction of sp³-hybridized carbons (Fsp3) is 0.0667. The van der Waals surface area contributed by atoms with Gasteiger partial charge in [-0.3, -0.25) is 0 Å². The van der Waals surface area contributed by atoms with Gasteiger partial charge >= 0.3 is 0 Å². The summed E-state index contributed by atoms with van der Waals surface area (Å²) >= 11 is 0. The van der Waals surface area contributed by atoms with E-state index in [4.69, 9.17) is 0 Å². The first-order valence-electron chi connectivity index (χ1n) is 16.0. The molecular weight excluding hydrogens is 605 g/mol. The van der Waals surface area contributed by atoms with Crippen molar-refractivity contribution >= 4 is 52.2 Å². The van der Waals surface area contributed by atoms with Gasteiger partial charge in [0.05, 0.1) is 0 Å². The van der Waals surface area contributed by atoms with Crippen molar-refractivity contribution in [2.24, 2.45) is 0 Å². The van der Waals surface area contributed by atoms with Crippen LogP contribution in [-0.2, 0) is 0 Å². The molecule has 0 nitrogen and oxygen atoms in total. The van der Waals surface area contributed by atoms with Gasteiger partial charge in [-0.2, -0.15) is 9.06 Å². The van der Waals surface area contributed by atoms with E-state index in [1.54, 1.807) is 0 Å². The molecular formula is C45H36S2. The molecule has 0 spiro atoms. The molecule has 0 saturated carbocycles. The monoisotopic (exact) mass is 640 g/mol. The van der Waals surface area contributed by atoms with Gasteiger partial charge in [-0.1, -0.05) is 156 Å². The van der Waals surface area contributed by atoms with Gasteiger partial charge in [-0.15, -0.1) is 0 Å². The quantitative estimate of drug-likeness (QED) is 0.129. The summed E-state index contributed by atoms with van der Waals surface area (Å²) in [6, 6.07) is 60.4. The molecule has 8 aromatic carbocycles. The van der Waals surface area contributed by atoms with E-state index in [2.05, 4.69) is 183 Å². The van der Waals surface area contributed by atoms with Crippen molar-refractivity contribution in [1.29, 1.82) is 0 Å². The van der Waals surface area contributed by atoms with E-state index in [0.29, 0.717) is 0 Å². The summed E-state index contributed by atoms with van der Waals surface area (Å²) in [4.78, 5) is 1.34. The zero-order valence-electron chi connectivity index (χ0n) is 26.9. The Balaban J connectivity index is 1.35. The van der Waals surface area contributed by atoms with Crippen LogP contribution >= 0.6 is 19.9 Å². The Morgan fingerprint density at radius 1 is 0.362 bits per heavy atom. The number of hydrogen-bond donors (Lipinski definition) is 0. The fourth-order valence-electron chi connectivity index (χ4n) is 6.97. The van der Waals surface area contributed by atoms with E-state index >= 15 is 0 Å². The minimum absolute atomic E-state index is 0.697. The summed E-state index contributed by atoms with van der Waals surface area (Å²) in [5, 5.41) is 7.63. The first kappa shape index (κ1) is 29.6. The predicted octanol–water partition coefficient (Wildman–Crippen LogP) is 13.5. The second-order valence-electron chi connectivity index (χ2n) is 12.8. The van der Waals surface area contributed by atoms with Crippen molar-refractivity contribution in [3.05, 3.63) is 164 Å². The topological polar surface area (TPSA) is 0 Å². The summed E-state index contributed by atoms with van der Waals surface area (Å²) in [5.41, 5.74) is 10.1. The van der Waals surface area contributed by atoms with Crippen molar-refractivity contribution in [1.82, 2.24) is 0 Å². The first-order chi connectivity index (χ1) is 22.9. The summed E-state index contributed by atoms with van der Waals surface area (Å²) in [5.74, 6) is 0. The Morgan fingerprint density at radius 3 is 1.49 bits per heavy atom. The Kier molecular flexibility index (Phi) is 7.64. The molecule has 0 atom stereocenters. The fourth-order valence-corrected chi connectivity index (χ4v) is 9.86. The normalized spacial score (nSPS) is 12.1. The zero-order valence-corrected chi connectivity index (χ0v) is 28.5. The number of hydrogen-bond acceptors (Lipinski definition) is 1. The molecule has 0 aliphatic heterocycles. The second kappa shape index (κ2) is 12.1. The Morgan fingerprint density at radius 2 is 0.872 bits per heavy atom. The van der Waals surface area contributed by atoms with Crippen LogP contribution in [0, 0.1) is 0 Å². The first-order valence-corrected chi connectivity index (χ1v) is 20.2. The third kappa shape index (κ3) is 5.63. The molecule has 0 unspecified atom stereocenters. The third-order valence-corrected chi connectivity index (χ3v) is 11.9. The van der Waals surface area contributed by atoms with Crippen LogP contribution in [0.25, 0.3) is 76.8 Å². The molecule has 8 aromatic rings. The highest BCUT2D eigenvalue weighted by Crippen LogP contribution is 2.54. The molecule has 228 valence electrons. The number of rotatable bonds is 6. The van der Waals surface area contributed by atoms with Crippen molar-refractivity contribution < 1.29 is 0 Å². The summed E-state index contributed by atoms with van der Waals surface area (Å²) < 4.78 is 0. The molecule has 0 bridgehead atoms. The van der Waals surface area contributed by atoms with Crippen molar-refractivity contribution in [2.45, 2.75) is 4.90 Å². The van der Waals surface area contributed by atoms with E-state index < -0.39 is 9.06 Å². The van der Waals surface area contributed by atoms with Crippen LogP contribution in [0.1, 0.15) is 0 Å². The lowest BCUT2D eigenvalue weighted by Crippen LogP contribution is -1.92. The van der Waals surface area contributed by atoms with E-state index in [1.165, 1.54) is 81.7 Å². The summed E-state index contributed by atoms with van der Waals surface area (Å²) in [6.07, 6.45) is 7.05. The molecule has 0 amide bonds. The minimum atomic E-state index is -0.697. The van der Waals surface area contributed by atoms with Gasteiger partial charge < -0.3 is 0 Å². The molecule has 8 rings (SSSR count). The van der Waals surface area contributed by atoms with Gasteiger partial charge in [0.15, 0.2) is 0 Å². The molecule has 0 aliphatic carbocycles. The van der Waals surface area contributed by atoms with Crippen molar-refractivity contribution in [3.63, 3.8) is 0 Å². The molecule has 0 aliphatic rings. The second-order valence-corrected chi connectivity index (χ2v) is 20.4. The van der Waals surface area contributed by atoms with Gasteiger partial charge in [-0.25, -0.2) is 0 Å². The molecule has 2 heteroatoms. The van der Waals surface area contributed by atoms with Gasteiger partial charge in [0.2, 0.25) is 0 Å².